The zero-order valence-electron chi connectivity index (χ0n) is 10.5. The van der Waals surface area contributed by atoms with Gasteiger partial charge in [-0.1, -0.05) is 0 Å². The van der Waals surface area contributed by atoms with Gasteiger partial charge in [-0.2, -0.15) is 0 Å². The predicted molar refractivity (Wildman–Crippen MR) is 66.9 cm³/mol. The van der Waals surface area contributed by atoms with Gasteiger partial charge in [-0.15, -0.1) is 0 Å². The number of nitro benzene ring substituents is 1. The van der Waals surface area contributed by atoms with Gasteiger partial charge >= 0.3 is 0 Å². The van der Waals surface area contributed by atoms with Crippen molar-refractivity contribution in [1.82, 2.24) is 0 Å². The molecule has 1 aromatic carbocycles. The normalized spacial score (nSPS) is 19.5. The summed E-state index contributed by atoms with van der Waals surface area (Å²) in [5.41, 5.74) is 0.189. The number of hydrogen-bond donors (Lipinski definition) is 0. The number of nitrogens with zero attached hydrogens (tertiary/aromatic N) is 2. The number of ether oxygens (including phenoxy) is 2. The van der Waals surface area contributed by atoms with Gasteiger partial charge in [0.15, 0.2) is 0 Å². The summed E-state index contributed by atoms with van der Waals surface area (Å²) in [6.07, 6.45) is -0.136. The molecule has 1 aliphatic rings. The number of rotatable bonds is 4. The standard InChI is InChI=1S/C12H15FN2O4/c1-18-8-10-7-14(4-5-19-10)11-3-2-9(13)6-12(11)15(16)17/h2-3,6,10H,4-5,7-8H2,1H3. The number of halogens is 1. The molecule has 1 fully saturated rings. The van der Waals surface area contributed by atoms with E-state index >= 15 is 0 Å². The van der Waals surface area contributed by atoms with Crippen LogP contribution in [0, 0.1) is 15.9 Å². The first-order chi connectivity index (χ1) is 9.11. The molecule has 104 valence electrons. The summed E-state index contributed by atoms with van der Waals surface area (Å²) in [6.45, 7) is 1.90. The molecule has 0 aliphatic carbocycles. The Hall–Kier alpha value is -1.73. The first-order valence-corrected chi connectivity index (χ1v) is 5.91. The van der Waals surface area contributed by atoms with Crippen LogP contribution in [0.4, 0.5) is 15.8 Å². The maximum Gasteiger partial charge on any atom is 0.295 e. The van der Waals surface area contributed by atoms with Crippen LogP contribution in [0.25, 0.3) is 0 Å². The van der Waals surface area contributed by atoms with E-state index in [9.17, 15) is 14.5 Å². The minimum Gasteiger partial charge on any atom is -0.382 e. The summed E-state index contributed by atoms with van der Waals surface area (Å²) >= 11 is 0. The highest BCUT2D eigenvalue weighted by Gasteiger charge is 2.26. The van der Waals surface area contributed by atoms with Crippen LogP contribution in [-0.2, 0) is 9.47 Å². The van der Waals surface area contributed by atoms with Gasteiger partial charge in [-0.25, -0.2) is 4.39 Å². The molecule has 6 nitrogen and oxygen atoms in total. The molecule has 0 bridgehead atoms. The Kier molecular flexibility index (Phi) is 4.28. The van der Waals surface area contributed by atoms with Crippen LogP contribution in [0.1, 0.15) is 0 Å². The van der Waals surface area contributed by atoms with Gasteiger partial charge < -0.3 is 14.4 Å². The van der Waals surface area contributed by atoms with E-state index in [1.165, 1.54) is 12.1 Å². The molecule has 1 heterocycles. The lowest BCUT2D eigenvalue weighted by Crippen LogP contribution is -2.44. The van der Waals surface area contributed by atoms with Crippen molar-refractivity contribution in [1.29, 1.82) is 0 Å². The van der Waals surface area contributed by atoms with Crippen molar-refractivity contribution in [2.45, 2.75) is 6.10 Å². The summed E-state index contributed by atoms with van der Waals surface area (Å²) in [7, 11) is 1.57. The number of hydrogen-bond acceptors (Lipinski definition) is 5. The summed E-state index contributed by atoms with van der Waals surface area (Å²) in [4.78, 5) is 12.2. The molecule has 0 saturated carbocycles. The van der Waals surface area contributed by atoms with E-state index in [2.05, 4.69) is 0 Å². The maximum atomic E-state index is 13.1. The summed E-state index contributed by atoms with van der Waals surface area (Å²) < 4.78 is 23.6. The van der Waals surface area contributed by atoms with Crippen molar-refractivity contribution in [3.8, 4) is 0 Å². The van der Waals surface area contributed by atoms with Gasteiger partial charge in [0.2, 0.25) is 0 Å². The van der Waals surface area contributed by atoms with E-state index in [1.807, 2.05) is 4.90 Å². The number of anilines is 1. The van der Waals surface area contributed by atoms with Gasteiger partial charge in [0.25, 0.3) is 5.69 Å². The van der Waals surface area contributed by atoms with Crippen LogP contribution >= 0.6 is 0 Å². The van der Waals surface area contributed by atoms with E-state index in [0.29, 0.717) is 32.0 Å². The Labute approximate surface area is 109 Å². The SMILES string of the molecule is COCC1CN(c2ccc(F)cc2[N+](=O)[O-])CCO1. The highest BCUT2D eigenvalue weighted by Crippen LogP contribution is 2.30. The highest BCUT2D eigenvalue weighted by molar-refractivity contribution is 5.63. The Morgan fingerprint density at radius 2 is 2.42 bits per heavy atom. The fourth-order valence-corrected chi connectivity index (χ4v) is 2.14. The minimum atomic E-state index is -0.614. The summed E-state index contributed by atoms with van der Waals surface area (Å²) in [6, 6.07) is 3.60. The quantitative estimate of drug-likeness (QED) is 0.614. The van der Waals surface area contributed by atoms with Crippen molar-refractivity contribution in [3.05, 3.63) is 34.1 Å². The van der Waals surface area contributed by atoms with Gasteiger partial charge in [-0.05, 0) is 12.1 Å². The van der Waals surface area contributed by atoms with E-state index in [1.54, 1.807) is 7.11 Å². The number of morpholine rings is 1. The van der Waals surface area contributed by atoms with E-state index in [4.69, 9.17) is 9.47 Å². The molecule has 1 aliphatic heterocycles. The average molecular weight is 270 g/mol. The van der Waals surface area contributed by atoms with E-state index < -0.39 is 10.7 Å². The molecule has 0 aromatic heterocycles. The molecular formula is C12H15FN2O4. The molecule has 1 unspecified atom stereocenters. The van der Waals surface area contributed by atoms with Crippen molar-refractivity contribution < 1.29 is 18.8 Å². The molecule has 0 radical (unpaired) electrons. The van der Waals surface area contributed by atoms with Crippen molar-refractivity contribution in [2.75, 3.05) is 38.3 Å². The molecule has 19 heavy (non-hydrogen) atoms. The van der Waals surface area contributed by atoms with Gasteiger partial charge in [0.05, 0.1) is 30.3 Å². The fraction of sp³-hybridized carbons (Fsp3) is 0.500. The third-order valence-corrected chi connectivity index (χ3v) is 2.97. The first kappa shape index (κ1) is 13.7. The zero-order chi connectivity index (χ0) is 13.8. The molecule has 2 rings (SSSR count). The molecule has 1 atom stereocenters. The smallest absolute Gasteiger partial charge is 0.295 e. The van der Waals surface area contributed by atoms with Crippen LogP contribution in [0.2, 0.25) is 0 Å². The van der Waals surface area contributed by atoms with Crippen LogP contribution < -0.4 is 4.90 Å². The summed E-state index contributed by atoms with van der Waals surface area (Å²) in [5.74, 6) is -0.614. The number of nitro groups is 1. The second-order valence-corrected chi connectivity index (χ2v) is 4.28. The van der Waals surface area contributed by atoms with Crippen molar-refractivity contribution in [2.24, 2.45) is 0 Å². The Morgan fingerprint density at radius 1 is 1.63 bits per heavy atom. The topological polar surface area (TPSA) is 64.8 Å². The highest BCUT2D eigenvalue weighted by atomic mass is 19.1. The third kappa shape index (κ3) is 3.18. The van der Waals surface area contributed by atoms with E-state index in [-0.39, 0.29) is 11.8 Å². The number of methoxy groups -OCH3 is 1. The summed E-state index contributed by atoms with van der Waals surface area (Å²) in [5, 5.41) is 11.0. The van der Waals surface area contributed by atoms with Gasteiger partial charge in [-0.3, -0.25) is 10.1 Å². The molecule has 1 aromatic rings. The lowest BCUT2D eigenvalue weighted by atomic mass is 10.2. The molecule has 7 heteroatoms. The Balaban J connectivity index is 2.23. The largest absolute Gasteiger partial charge is 0.382 e. The molecule has 0 N–H and O–H groups in total. The van der Waals surface area contributed by atoms with E-state index in [0.717, 1.165) is 6.07 Å². The van der Waals surface area contributed by atoms with Crippen molar-refractivity contribution in [3.63, 3.8) is 0 Å². The monoisotopic (exact) mass is 270 g/mol. The Morgan fingerprint density at radius 3 is 3.11 bits per heavy atom. The second-order valence-electron chi connectivity index (χ2n) is 4.28. The molecule has 0 spiro atoms. The zero-order valence-corrected chi connectivity index (χ0v) is 10.5. The van der Waals surface area contributed by atoms with Crippen molar-refractivity contribution >= 4 is 11.4 Å². The lowest BCUT2D eigenvalue weighted by Gasteiger charge is -2.33. The average Bonchev–Trinajstić information content (AvgIpc) is 2.39. The number of benzene rings is 1. The third-order valence-electron chi connectivity index (χ3n) is 2.97. The fourth-order valence-electron chi connectivity index (χ4n) is 2.14. The van der Waals surface area contributed by atoms with Crippen LogP contribution in [0.3, 0.4) is 0 Å². The van der Waals surface area contributed by atoms with Crippen LogP contribution in [-0.4, -0.2) is 44.4 Å². The van der Waals surface area contributed by atoms with Gasteiger partial charge in [0, 0.05) is 20.2 Å². The Bertz CT molecular complexity index is 467. The van der Waals surface area contributed by atoms with Crippen LogP contribution in [0.15, 0.2) is 18.2 Å². The first-order valence-electron chi connectivity index (χ1n) is 5.91. The van der Waals surface area contributed by atoms with Crippen LogP contribution in [0.5, 0.6) is 0 Å². The molecular weight excluding hydrogens is 255 g/mol. The minimum absolute atomic E-state index is 0.136. The van der Waals surface area contributed by atoms with Gasteiger partial charge in [0.1, 0.15) is 11.5 Å². The molecule has 0 amide bonds. The maximum absolute atomic E-state index is 13.1. The lowest BCUT2D eigenvalue weighted by molar-refractivity contribution is -0.384. The molecule has 1 saturated heterocycles. The predicted octanol–water partition coefficient (Wildman–Crippen LogP) is 1.59. The second kappa shape index (κ2) is 5.94.